The average molecular weight is 280 g/mol. The predicted octanol–water partition coefficient (Wildman–Crippen LogP) is 1.74. The number of hydrogen-bond acceptors (Lipinski definition) is 3. The Morgan fingerprint density at radius 2 is 1.95 bits per heavy atom. The summed E-state index contributed by atoms with van der Waals surface area (Å²) in [4.78, 5) is 0. The van der Waals surface area contributed by atoms with Crippen molar-refractivity contribution in [3.63, 3.8) is 0 Å². The first-order valence-corrected chi connectivity index (χ1v) is 5.97. The Balaban J connectivity index is 2.08. The minimum atomic E-state index is -1.52. The van der Waals surface area contributed by atoms with Gasteiger partial charge in [-0.3, -0.25) is 0 Å². The van der Waals surface area contributed by atoms with E-state index in [0.717, 1.165) is 5.56 Å². The molecule has 0 fully saturated rings. The quantitative estimate of drug-likeness (QED) is 0.839. The van der Waals surface area contributed by atoms with Gasteiger partial charge in [-0.25, -0.2) is 4.39 Å². The first-order valence-electron chi connectivity index (χ1n) is 5.59. The van der Waals surface area contributed by atoms with Gasteiger partial charge in [-0.2, -0.15) is 0 Å². The highest BCUT2D eigenvalue weighted by molar-refractivity contribution is 6.58. The van der Waals surface area contributed by atoms with Gasteiger partial charge in [-0.1, -0.05) is 35.9 Å². The Kier molecular flexibility index (Phi) is 4.42. The molecule has 6 heteroatoms. The monoisotopic (exact) mass is 280 g/mol. The van der Waals surface area contributed by atoms with Crippen LogP contribution in [-0.2, 0) is 6.61 Å². The van der Waals surface area contributed by atoms with Crippen LogP contribution in [0.5, 0.6) is 5.75 Å². The molecule has 0 aliphatic heterocycles. The summed E-state index contributed by atoms with van der Waals surface area (Å²) in [5.41, 5.74) is 1.14. The summed E-state index contributed by atoms with van der Waals surface area (Å²) in [6, 6.07) is 10.6. The third-order valence-corrected chi connectivity index (χ3v) is 2.83. The highest BCUT2D eigenvalue weighted by atomic mass is 35.5. The second kappa shape index (κ2) is 6.06. The van der Waals surface area contributed by atoms with Crippen molar-refractivity contribution >= 4 is 24.2 Å². The molecular formula is C13H11BClFO3. The van der Waals surface area contributed by atoms with Crippen LogP contribution in [0, 0.1) is 5.82 Å². The summed E-state index contributed by atoms with van der Waals surface area (Å²) in [6.45, 7) is 0.200. The van der Waals surface area contributed by atoms with E-state index in [1.807, 2.05) is 0 Å². The molecule has 0 aliphatic carbocycles. The summed E-state index contributed by atoms with van der Waals surface area (Å²) < 4.78 is 18.3. The largest absolute Gasteiger partial charge is 0.488 e. The summed E-state index contributed by atoms with van der Waals surface area (Å²) in [7, 11) is -1.52. The lowest BCUT2D eigenvalue weighted by Crippen LogP contribution is -2.29. The van der Waals surface area contributed by atoms with E-state index < -0.39 is 12.9 Å². The molecule has 0 saturated heterocycles. The molecular weight excluding hydrogens is 269 g/mol. The molecule has 2 aromatic carbocycles. The molecule has 98 valence electrons. The van der Waals surface area contributed by atoms with Crippen LogP contribution in [0.4, 0.5) is 4.39 Å². The maximum Gasteiger partial charge on any atom is 0.488 e. The van der Waals surface area contributed by atoms with Crippen LogP contribution in [0.25, 0.3) is 0 Å². The highest BCUT2D eigenvalue weighted by Crippen LogP contribution is 2.25. The lowest BCUT2D eigenvalue weighted by Gasteiger charge is -2.09. The van der Waals surface area contributed by atoms with Gasteiger partial charge < -0.3 is 14.8 Å². The molecule has 0 bridgehead atoms. The fourth-order valence-corrected chi connectivity index (χ4v) is 1.82. The number of rotatable bonds is 4. The zero-order valence-electron chi connectivity index (χ0n) is 9.88. The first-order chi connectivity index (χ1) is 9.06. The predicted molar refractivity (Wildman–Crippen MR) is 72.0 cm³/mol. The molecule has 0 radical (unpaired) electrons. The third-order valence-electron chi connectivity index (χ3n) is 2.54. The summed E-state index contributed by atoms with van der Waals surface area (Å²) in [5, 5.41) is 18.3. The van der Waals surface area contributed by atoms with Crippen molar-refractivity contribution in [2.45, 2.75) is 6.61 Å². The van der Waals surface area contributed by atoms with Gasteiger partial charge in [-0.05, 0) is 29.2 Å². The van der Waals surface area contributed by atoms with Crippen molar-refractivity contribution in [1.29, 1.82) is 0 Å². The molecule has 0 heterocycles. The number of hydrogen-bond donors (Lipinski definition) is 2. The van der Waals surface area contributed by atoms with Gasteiger partial charge in [0.1, 0.15) is 18.2 Å². The molecule has 0 unspecified atom stereocenters. The van der Waals surface area contributed by atoms with Crippen molar-refractivity contribution in [1.82, 2.24) is 0 Å². The molecule has 0 saturated carbocycles. The smallest absolute Gasteiger partial charge is 0.487 e. The second-order valence-electron chi connectivity index (χ2n) is 3.98. The Morgan fingerprint density at radius 1 is 1.16 bits per heavy atom. The fraction of sp³-hybridized carbons (Fsp3) is 0.0769. The molecule has 2 aromatic rings. The number of halogens is 2. The van der Waals surface area contributed by atoms with Gasteiger partial charge in [0.15, 0.2) is 0 Å². The minimum absolute atomic E-state index is 0.193. The van der Waals surface area contributed by atoms with E-state index >= 15 is 0 Å². The molecule has 0 atom stereocenters. The van der Waals surface area contributed by atoms with Gasteiger partial charge in [0.25, 0.3) is 0 Å². The molecule has 3 nitrogen and oxygen atoms in total. The number of ether oxygens (including phenoxy) is 1. The van der Waals surface area contributed by atoms with Crippen LogP contribution in [0.15, 0.2) is 42.5 Å². The second-order valence-corrected chi connectivity index (χ2v) is 4.39. The van der Waals surface area contributed by atoms with E-state index in [4.69, 9.17) is 26.4 Å². The molecule has 0 aliphatic rings. The summed E-state index contributed by atoms with van der Waals surface area (Å²) in [6.07, 6.45) is 0. The van der Waals surface area contributed by atoms with Gasteiger partial charge in [0, 0.05) is 0 Å². The van der Waals surface area contributed by atoms with E-state index in [1.165, 1.54) is 18.2 Å². The Bertz CT molecular complexity index is 578. The van der Waals surface area contributed by atoms with Crippen LogP contribution in [0.1, 0.15) is 5.56 Å². The standard InChI is InChI=1S/C13H11BClFO3/c15-12-7-11(16)4-5-13(12)19-8-9-2-1-3-10(6-9)14(17)18/h1-7,17-18H,8H2. The minimum Gasteiger partial charge on any atom is -0.487 e. The van der Waals surface area contributed by atoms with Crippen LogP contribution in [0.3, 0.4) is 0 Å². The Morgan fingerprint density at radius 3 is 2.63 bits per heavy atom. The van der Waals surface area contributed by atoms with E-state index in [-0.39, 0.29) is 11.6 Å². The third kappa shape index (κ3) is 3.70. The summed E-state index contributed by atoms with van der Waals surface area (Å²) >= 11 is 5.83. The molecule has 0 spiro atoms. The maximum absolute atomic E-state index is 12.9. The zero-order chi connectivity index (χ0) is 13.8. The highest BCUT2D eigenvalue weighted by Gasteiger charge is 2.11. The average Bonchev–Trinajstić information content (AvgIpc) is 2.38. The Labute approximate surface area is 115 Å². The van der Waals surface area contributed by atoms with Gasteiger partial charge in [0.2, 0.25) is 0 Å². The van der Waals surface area contributed by atoms with E-state index in [1.54, 1.807) is 24.3 Å². The van der Waals surface area contributed by atoms with Crippen LogP contribution < -0.4 is 10.2 Å². The van der Waals surface area contributed by atoms with Crippen molar-refractivity contribution in [3.8, 4) is 5.75 Å². The summed E-state index contributed by atoms with van der Waals surface area (Å²) in [5.74, 6) is -0.0548. The van der Waals surface area contributed by atoms with Crippen LogP contribution in [0.2, 0.25) is 5.02 Å². The van der Waals surface area contributed by atoms with Crippen LogP contribution >= 0.6 is 11.6 Å². The fourth-order valence-electron chi connectivity index (χ4n) is 1.60. The number of benzene rings is 2. The van der Waals surface area contributed by atoms with E-state index in [9.17, 15) is 4.39 Å². The molecule has 19 heavy (non-hydrogen) atoms. The molecule has 2 N–H and O–H groups in total. The lowest BCUT2D eigenvalue weighted by atomic mass is 9.80. The lowest BCUT2D eigenvalue weighted by molar-refractivity contribution is 0.306. The van der Waals surface area contributed by atoms with Crippen molar-refractivity contribution in [2.24, 2.45) is 0 Å². The SMILES string of the molecule is OB(O)c1cccc(COc2ccc(F)cc2Cl)c1. The normalized spacial score (nSPS) is 10.3. The van der Waals surface area contributed by atoms with Crippen molar-refractivity contribution in [2.75, 3.05) is 0 Å². The zero-order valence-corrected chi connectivity index (χ0v) is 10.6. The van der Waals surface area contributed by atoms with Gasteiger partial charge in [0.05, 0.1) is 5.02 Å². The van der Waals surface area contributed by atoms with E-state index in [0.29, 0.717) is 11.2 Å². The van der Waals surface area contributed by atoms with Gasteiger partial charge in [-0.15, -0.1) is 0 Å². The van der Waals surface area contributed by atoms with Crippen LogP contribution in [-0.4, -0.2) is 17.2 Å². The molecule has 2 rings (SSSR count). The maximum atomic E-state index is 12.9. The molecule has 0 aromatic heterocycles. The van der Waals surface area contributed by atoms with E-state index in [2.05, 4.69) is 0 Å². The first kappa shape index (κ1) is 13.9. The topological polar surface area (TPSA) is 49.7 Å². The van der Waals surface area contributed by atoms with Crippen molar-refractivity contribution < 1.29 is 19.2 Å². The van der Waals surface area contributed by atoms with Crippen molar-refractivity contribution in [3.05, 3.63) is 58.9 Å². The molecule has 0 amide bonds. The Hall–Kier alpha value is -1.56. The van der Waals surface area contributed by atoms with Gasteiger partial charge >= 0.3 is 7.12 Å².